The first-order chi connectivity index (χ1) is 12.0. The number of nitrogens with one attached hydrogen (secondary N) is 2. The van der Waals surface area contributed by atoms with E-state index in [-0.39, 0.29) is 5.91 Å². The van der Waals surface area contributed by atoms with E-state index in [4.69, 9.17) is 0 Å². The number of aromatic amines is 1. The molecule has 1 fully saturated rings. The number of rotatable bonds is 5. The molecule has 0 atom stereocenters. The molecule has 0 radical (unpaired) electrons. The van der Waals surface area contributed by atoms with Gasteiger partial charge in [-0.05, 0) is 6.42 Å². The number of carbonyl (C=O) groups is 1. The molecule has 0 spiro atoms. The van der Waals surface area contributed by atoms with Crippen LogP contribution in [-0.4, -0.2) is 49.5 Å². The normalized spacial score (nSPS) is 16.2. The van der Waals surface area contributed by atoms with Gasteiger partial charge in [-0.15, -0.1) is 0 Å². The highest BCUT2D eigenvalue weighted by atomic mass is 16.2. The number of H-pyrrole nitrogens is 1. The molecule has 1 amide bonds. The monoisotopic (exact) mass is 348 g/mol. The molecule has 0 saturated carbocycles. The Hall–Kier alpha value is -2.42. The summed E-state index contributed by atoms with van der Waals surface area (Å²) >= 11 is 0. The molecule has 2 aromatic rings. The maximum atomic E-state index is 12.3. The van der Waals surface area contributed by atoms with Crippen molar-refractivity contribution in [1.29, 1.82) is 0 Å². The number of hydrogen-bond acceptors (Lipinski definition) is 5. The van der Waals surface area contributed by atoms with Crippen molar-refractivity contribution in [2.45, 2.75) is 39.3 Å². The molecule has 2 aromatic heterocycles. The van der Waals surface area contributed by atoms with Gasteiger partial charge in [-0.1, -0.05) is 13.3 Å². The van der Waals surface area contributed by atoms with Crippen LogP contribution in [0.4, 0.5) is 0 Å². The van der Waals surface area contributed by atoms with Gasteiger partial charge in [0.15, 0.2) is 11.2 Å². The minimum atomic E-state index is -0.417. The predicted molar refractivity (Wildman–Crippen MR) is 93.4 cm³/mol. The van der Waals surface area contributed by atoms with E-state index in [0.717, 1.165) is 19.4 Å². The fraction of sp³-hybridized carbons (Fsp3) is 0.625. The lowest BCUT2D eigenvalue weighted by atomic mass is 10.3. The summed E-state index contributed by atoms with van der Waals surface area (Å²) in [7, 11) is 1.79. The Morgan fingerprint density at radius 1 is 1.20 bits per heavy atom. The molecule has 1 saturated heterocycles. The molecule has 1 aliphatic heterocycles. The van der Waals surface area contributed by atoms with Gasteiger partial charge in [-0.2, -0.15) is 0 Å². The predicted octanol–water partition coefficient (Wildman–Crippen LogP) is -0.455. The molecule has 0 unspecified atom stereocenters. The lowest BCUT2D eigenvalue weighted by Gasteiger charge is -2.18. The summed E-state index contributed by atoms with van der Waals surface area (Å²) < 4.78 is 3.29. The van der Waals surface area contributed by atoms with E-state index in [2.05, 4.69) is 20.2 Å². The highest BCUT2D eigenvalue weighted by Crippen LogP contribution is 2.13. The van der Waals surface area contributed by atoms with Gasteiger partial charge in [0.05, 0.1) is 6.54 Å². The zero-order chi connectivity index (χ0) is 18.0. The third-order valence-corrected chi connectivity index (χ3v) is 4.61. The Morgan fingerprint density at radius 2 is 2.00 bits per heavy atom. The van der Waals surface area contributed by atoms with Crippen molar-refractivity contribution in [1.82, 2.24) is 29.3 Å². The van der Waals surface area contributed by atoms with Gasteiger partial charge in [0.2, 0.25) is 5.91 Å². The Kier molecular flexibility index (Phi) is 5.03. The van der Waals surface area contributed by atoms with E-state index in [1.54, 1.807) is 11.6 Å². The van der Waals surface area contributed by atoms with Gasteiger partial charge in [0.1, 0.15) is 5.82 Å². The molecular weight excluding hydrogens is 324 g/mol. The number of carbonyl (C=O) groups excluding carboxylic acids is 1. The largest absolute Gasteiger partial charge is 0.355 e. The summed E-state index contributed by atoms with van der Waals surface area (Å²) in [6.45, 7) is 5.09. The number of unbranched alkanes of at least 4 members (excludes halogenated alkanes) is 1. The highest BCUT2D eigenvalue weighted by molar-refractivity contribution is 5.76. The summed E-state index contributed by atoms with van der Waals surface area (Å²) in [6, 6.07) is 0. The van der Waals surface area contributed by atoms with Crippen LogP contribution in [0.2, 0.25) is 0 Å². The van der Waals surface area contributed by atoms with Gasteiger partial charge < -0.3 is 9.88 Å². The van der Waals surface area contributed by atoms with Crippen molar-refractivity contribution in [2.75, 3.05) is 19.6 Å². The maximum Gasteiger partial charge on any atom is 0.330 e. The second kappa shape index (κ2) is 7.22. The number of nitrogens with zero attached hydrogens (tertiary/aromatic N) is 4. The molecule has 136 valence electrons. The van der Waals surface area contributed by atoms with Crippen molar-refractivity contribution in [3.63, 3.8) is 0 Å². The summed E-state index contributed by atoms with van der Waals surface area (Å²) in [5, 5.41) is 2.84. The number of aromatic nitrogens is 4. The summed E-state index contributed by atoms with van der Waals surface area (Å²) in [5.41, 5.74) is 0.0142. The van der Waals surface area contributed by atoms with E-state index in [9.17, 15) is 14.4 Å². The highest BCUT2D eigenvalue weighted by Gasteiger charge is 2.20. The molecule has 3 rings (SSSR count). The quantitative estimate of drug-likeness (QED) is 0.761. The average Bonchev–Trinajstić information content (AvgIpc) is 2.74. The second-order valence-electron chi connectivity index (χ2n) is 6.40. The molecule has 3 heterocycles. The van der Waals surface area contributed by atoms with Crippen LogP contribution in [0.1, 0.15) is 32.0 Å². The van der Waals surface area contributed by atoms with Gasteiger partial charge in [0, 0.05) is 39.6 Å². The standard InChI is InChI=1S/C16H24N6O3/c1-3-4-7-22-14-13(15(24)19-16(22)25)20(2)11(18-14)10-21-8-5-12(23)17-6-9-21/h3-10H2,1-2H3,(H,17,23)(H,19,24,25). The Bertz CT molecular complexity index is 894. The van der Waals surface area contributed by atoms with Crippen molar-refractivity contribution in [3.05, 3.63) is 26.7 Å². The molecule has 2 N–H and O–H groups in total. The minimum absolute atomic E-state index is 0.0531. The second-order valence-corrected chi connectivity index (χ2v) is 6.40. The minimum Gasteiger partial charge on any atom is -0.355 e. The third kappa shape index (κ3) is 3.51. The molecule has 25 heavy (non-hydrogen) atoms. The number of imidazole rings is 1. The van der Waals surface area contributed by atoms with Gasteiger partial charge in [-0.25, -0.2) is 9.78 Å². The molecule has 9 nitrogen and oxygen atoms in total. The Morgan fingerprint density at radius 3 is 2.76 bits per heavy atom. The smallest absolute Gasteiger partial charge is 0.330 e. The first-order valence-corrected chi connectivity index (χ1v) is 8.68. The van der Waals surface area contributed by atoms with Crippen LogP contribution < -0.4 is 16.6 Å². The van der Waals surface area contributed by atoms with Crippen LogP contribution in [0.3, 0.4) is 0 Å². The van der Waals surface area contributed by atoms with E-state index >= 15 is 0 Å². The molecule has 9 heteroatoms. The zero-order valence-corrected chi connectivity index (χ0v) is 14.7. The number of fused-ring (bicyclic) bond motifs is 1. The van der Waals surface area contributed by atoms with Crippen LogP contribution in [0.15, 0.2) is 9.59 Å². The van der Waals surface area contributed by atoms with Gasteiger partial charge in [-0.3, -0.25) is 24.0 Å². The Labute approximate surface area is 144 Å². The molecule has 0 bridgehead atoms. The van der Waals surface area contributed by atoms with E-state index in [1.165, 1.54) is 4.57 Å². The third-order valence-electron chi connectivity index (χ3n) is 4.61. The molecular formula is C16H24N6O3. The van der Waals surface area contributed by atoms with E-state index < -0.39 is 11.2 Å². The first-order valence-electron chi connectivity index (χ1n) is 8.68. The number of hydrogen-bond donors (Lipinski definition) is 2. The zero-order valence-electron chi connectivity index (χ0n) is 14.7. The van der Waals surface area contributed by atoms with Crippen molar-refractivity contribution in [2.24, 2.45) is 7.05 Å². The summed E-state index contributed by atoms with van der Waals surface area (Å²) in [4.78, 5) is 45.0. The van der Waals surface area contributed by atoms with Gasteiger partial charge in [0.25, 0.3) is 5.56 Å². The Balaban J connectivity index is 1.98. The van der Waals surface area contributed by atoms with Crippen LogP contribution in [0.5, 0.6) is 0 Å². The molecule has 0 aromatic carbocycles. The van der Waals surface area contributed by atoms with Crippen molar-refractivity contribution >= 4 is 17.1 Å². The van der Waals surface area contributed by atoms with Crippen molar-refractivity contribution < 1.29 is 4.79 Å². The SMILES string of the molecule is CCCCn1c(=O)[nH]c(=O)c2c1nc(CN1CCNC(=O)CC1)n2C. The number of aryl methyl sites for hydroxylation is 2. The molecule has 0 aliphatic carbocycles. The molecule has 1 aliphatic rings. The maximum absolute atomic E-state index is 12.3. The topological polar surface area (TPSA) is 105 Å². The first kappa shape index (κ1) is 17.4. The lowest BCUT2D eigenvalue weighted by Crippen LogP contribution is -2.31. The summed E-state index contributed by atoms with van der Waals surface area (Å²) in [5.74, 6) is 0.767. The summed E-state index contributed by atoms with van der Waals surface area (Å²) in [6.07, 6.45) is 2.24. The van der Waals surface area contributed by atoms with Crippen LogP contribution in [0.25, 0.3) is 11.2 Å². The average molecular weight is 348 g/mol. The number of amides is 1. The lowest BCUT2D eigenvalue weighted by molar-refractivity contribution is -0.120. The van der Waals surface area contributed by atoms with Crippen LogP contribution in [-0.2, 0) is 24.9 Å². The van der Waals surface area contributed by atoms with Crippen LogP contribution >= 0.6 is 0 Å². The van der Waals surface area contributed by atoms with Crippen molar-refractivity contribution in [3.8, 4) is 0 Å². The van der Waals surface area contributed by atoms with Crippen LogP contribution in [0, 0.1) is 0 Å². The van der Waals surface area contributed by atoms with Gasteiger partial charge >= 0.3 is 5.69 Å². The fourth-order valence-electron chi connectivity index (χ4n) is 3.13. The van der Waals surface area contributed by atoms with E-state index in [1.807, 2.05) is 6.92 Å². The van der Waals surface area contributed by atoms with E-state index in [0.29, 0.717) is 49.6 Å². The fourth-order valence-corrected chi connectivity index (χ4v) is 3.13.